The summed E-state index contributed by atoms with van der Waals surface area (Å²) in [5, 5.41) is 1.29. The number of carbonyl (C=O) groups is 6. The van der Waals surface area contributed by atoms with Gasteiger partial charge in [0.05, 0.1) is 39.6 Å². The largest absolute Gasteiger partial charge is 0.494 e. The molecule has 0 unspecified atom stereocenters. The smallest absolute Gasteiger partial charge is 0.336 e. The fourth-order valence-corrected chi connectivity index (χ4v) is 14.2. The van der Waals surface area contributed by atoms with Gasteiger partial charge in [-0.25, -0.2) is 28.8 Å². The topological polar surface area (TPSA) is 269 Å². The van der Waals surface area contributed by atoms with E-state index in [1.54, 1.807) is 146 Å². The summed E-state index contributed by atoms with van der Waals surface area (Å²) in [7, 11) is 0. The van der Waals surface area contributed by atoms with Crippen LogP contribution in [0.25, 0.3) is 32.3 Å². The average molecular weight is 1890 g/mol. The van der Waals surface area contributed by atoms with Crippen molar-refractivity contribution >= 4 is 68.1 Å². The SMILES string of the molecule is CCCCCCOc1ccc(OC/C=C/C(=O)Oc2cc3c4cc(OC(=O)/C=C/COc5ccc(OCCCCCC)cc5)c(OC(=O)/C=C/COc5ccc(OCCCCCC)cc5)cc4c4cc(OC(=O)/C=C/COc5ccc(OCCCCCC)cc5)c(OC(=O)/C=C/COc5ccc(OCCCCCC)cc5)cc4c3cc2OC(=O)/C=C/COc2ccc(OCCCCCC)cc2)cc1. The minimum absolute atomic E-state index is 0.0765. The zero-order valence-corrected chi connectivity index (χ0v) is 80.5. The van der Waals surface area contributed by atoms with E-state index in [1.165, 1.54) is 72.9 Å². The third-order valence-corrected chi connectivity index (χ3v) is 21.5. The second-order valence-electron chi connectivity index (χ2n) is 32.6. The lowest BCUT2D eigenvalue weighted by molar-refractivity contribution is -0.131. The number of esters is 6. The van der Waals surface area contributed by atoms with Crippen LogP contribution in [0.5, 0.6) is 103 Å². The van der Waals surface area contributed by atoms with Crippen molar-refractivity contribution in [3.8, 4) is 103 Å². The van der Waals surface area contributed by atoms with Crippen molar-refractivity contribution in [1.82, 2.24) is 0 Å². The third kappa shape index (κ3) is 38.9. The highest BCUT2D eigenvalue weighted by molar-refractivity contribution is 6.27. The van der Waals surface area contributed by atoms with Gasteiger partial charge >= 0.3 is 35.8 Å². The van der Waals surface area contributed by atoms with Gasteiger partial charge in [-0.2, -0.15) is 0 Å². The maximum Gasteiger partial charge on any atom is 0.336 e. The molecule has 0 aromatic heterocycles. The molecule has 24 nitrogen and oxygen atoms in total. The summed E-state index contributed by atoms with van der Waals surface area (Å²) in [6.07, 6.45) is 41.0. The highest BCUT2D eigenvalue weighted by atomic mass is 16.6. The minimum atomic E-state index is -0.930. The average Bonchev–Trinajstić information content (AvgIpc) is 0.721. The standard InChI is InChI=1S/C114H132O24/c1-7-13-19-25-67-121-85-43-55-91(56-44-85)127-73-31-37-109(115)133-103-79-97-98(80-104(103)134-110(116)38-32-74-128-92-57-45-86(46-58-92)122-68-26-20-14-8-2)100-82-106(136-112(118)40-34-76-130-94-61-49-88(50-62-94)124-70-28-22-16-10-4)108(138-114(120)42-36-78-132-96-65-53-90(54-66-96)126-72-30-24-18-12-6)84-102(100)101-83-107(137-113(119)41-35-77-131-95-63-51-89(52-64-95)125-71-29-23-17-11-5)105(81-99(97)101)135-111(117)39-33-75-129-93-59-47-87(48-60-93)123-69-27-21-15-9-3/h31-66,79-84H,7-30,67-78H2,1-6H3/b37-31+,38-32+,39-33+,40-34+,41-35+,42-36+. The Morgan fingerprint density at radius 3 is 0.420 bits per heavy atom. The maximum absolute atomic E-state index is 14.5. The summed E-state index contributed by atoms with van der Waals surface area (Å²) in [5.41, 5.74) is 0. The zero-order chi connectivity index (χ0) is 97.2. The van der Waals surface area contributed by atoms with Crippen molar-refractivity contribution in [2.24, 2.45) is 0 Å². The van der Waals surface area contributed by atoms with E-state index in [9.17, 15) is 28.8 Å². The Kier molecular flexibility index (Phi) is 47.4. The highest BCUT2D eigenvalue weighted by Crippen LogP contribution is 2.48. The Morgan fingerprint density at radius 1 is 0.174 bits per heavy atom. The van der Waals surface area contributed by atoms with Crippen LogP contribution in [0.4, 0.5) is 0 Å². The van der Waals surface area contributed by atoms with Crippen molar-refractivity contribution in [1.29, 1.82) is 0 Å². The Labute approximate surface area is 811 Å². The predicted octanol–water partition coefficient (Wildman–Crippen LogP) is 26.1. The quantitative estimate of drug-likeness (QED) is 0.0113. The molecule has 0 aliphatic carbocycles. The van der Waals surface area contributed by atoms with Crippen LogP contribution in [0, 0.1) is 0 Å². The van der Waals surface area contributed by atoms with Gasteiger partial charge < -0.3 is 85.3 Å². The van der Waals surface area contributed by atoms with Gasteiger partial charge in [0.2, 0.25) is 0 Å². The fraction of sp³-hybridized carbons (Fsp3) is 0.368. The van der Waals surface area contributed by atoms with E-state index in [2.05, 4.69) is 41.5 Å². The van der Waals surface area contributed by atoms with Crippen molar-refractivity contribution in [2.75, 3.05) is 79.3 Å². The molecule has 0 aliphatic heterocycles. The third-order valence-electron chi connectivity index (χ3n) is 21.5. The number of benzene rings is 10. The van der Waals surface area contributed by atoms with E-state index in [-0.39, 0.29) is 106 Å². The Hall–Kier alpha value is -14.2. The highest BCUT2D eigenvalue weighted by Gasteiger charge is 2.25. The molecule has 24 heteroatoms. The Morgan fingerprint density at radius 2 is 0.297 bits per heavy atom. The lowest BCUT2D eigenvalue weighted by atomic mass is 9.93. The van der Waals surface area contributed by atoms with Crippen LogP contribution in [0.3, 0.4) is 0 Å². The molecular formula is C114H132O24. The van der Waals surface area contributed by atoms with Crippen molar-refractivity contribution in [3.63, 3.8) is 0 Å². The summed E-state index contributed by atoms with van der Waals surface area (Å²) in [6.45, 7) is 16.0. The van der Waals surface area contributed by atoms with E-state index in [0.717, 1.165) is 191 Å². The number of rotatable bonds is 66. The number of hydrogen-bond donors (Lipinski definition) is 0. The van der Waals surface area contributed by atoms with Crippen molar-refractivity contribution in [2.45, 2.75) is 196 Å². The molecule has 10 aromatic rings. The molecule has 10 aromatic carbocycles. The normalized spacial score (nSPS) is 11.4. The summed E-state index contributed by atoms with van der Waals surface area (Å²) >= 11 is 0. The van der Waals surface area contributed by atoms with Gasteiger partial charge in [0.25, 0.3) is 0 Å². The van der Waals surface area contributed by atoms with Crippen molar-refractivity contribution < 1.29 is 114 Å². The minimum Gasteiger partial charge on any atom is -0.494 e. The molecule has 0 bridgehead atoms. The molecule has 138 heavy (non-hydrogen) atoms. The zero-order valence-electron chi connectivity index (χ0n) is 80.5. The van der Waals surface area contributed by atoms with Crippen LogP contribution < -0.4 is 85.3 Å². The molecule has 0 aliphatic rings. The van der Waals surface area contributed by atoms with Crippen molar-refractivity contribution in [3.05, 3.63) is 255 Å². The van der Waals surface area contributed by atoms with Crippen LogP contribution in [-0.4, -0.2) is 115 Å². The van der Waals surface area contributed by atoms with E-state index in [4.69, 9.17) is 85.3 Å². The number of ether oxygens (including phenoxy) is 18. The first-order valence-electron chi connectivity index (χ1n) is 48.7. The predicted molar refractivity (Wildman–Crippen MR) is 537 cm³/mol. The molecule has 0 radical (unpaired) electrons. The number of unbranched alkanes of at least 4 members (excludes halogenated alkanes) is 18. The molecule has 0 N–H and O–H groups in total. The van der Waals surface area contributed by atoms with E-state index >= 15 is 0 Å². The van der Waals surface area contributed by atoms with E-state index in [1.807, 2.05) is 0 Å². The molecule has 10 rings (SSSR count). The van der Waals surface area contributed by atoms with Gasteiger partial charge in [0.15, 0.2) is 34.5 Å². The monoisotopic (exact) mass is 1880 g/mol. The van der Waals surface area contributed by atoms with Gasteiger partial charge in [0, 0.05) is 36.5 Å². The second kappa shape index (κ2) is 61.8. The molecule has 0 amide bonds. The first kappa shape index (κ1) is 106. The second-order valence-corrected chi connectivity index (χ2v) is 32.6. The molecule has 0 fully saturated rings. The van der Waals surface area contributed by atoms with Crippen LogP contribution in [0.1, 0.15) is 196 Å². The molecule has 0 saturated carbocycles. The number of carbonyl (C=O) groups excluding carboxylic acids is 6. The van der Waals surface area contributed by atoms with Gasteiger partial charge in [-0.05, 0) is 289 Å². The van der Waals surface area contributed by atoms with E-state index in [0.29, 0.717) is 109 Å². The lowest BCUT2D eigenvalue weighted by Crippen LogP contribution is -2.11. The van der Waals surface area contributed by atoms with Crippen LogP contribution in [-0.2, 0) is 28.8 Å². The number of fused-ring (bicyclic) bond motifs is 6. The van der Waals surface area contributed by atoms with Gasteiger partial charge in [0.1, 0.15) is 109 Å². The summed E-state index contributed by atoms with van der Waals surface area (Å²) in [6, 6.07) is 51.3. The van der Waals surface area contributed by atoms with Crippen LogP contribution in [0.2, 0.25) is 0 Å². The first-order chi connectivity index (χ1) is 67.7. The lowest BCUT2D eigenvalue weighted by Gasteiger charge is -2.18. The molecule has 0 spiro atoms. The summed E-state index contributed by atoms with van der Waals surface area (Å²) < 4.78 is 109. The molecule has 0 saturated heterocycles. The molecule has 0 heterocycles. The van der Waals surface area contributed by atoms with E-state index < -0.39 is 35.8 Å². The van der Waals surface area contributed by atoms with Gasteiger partial charge in [-0.1, -0.05) is 157 Å². The van der Waals surface area contributed by atoms with Crippen LogP contribution >= 0.6 is 0 Å². The Balaban J connectivity index is 1.06. The van der Waals surface area contributed by atoms with Gasteiger partial charge in [-0.3, -0.25) is 0 Å². The Bertz CT molecular complexity index is 4650. The molecule has 732 valence electrons. The fourth-order valence-electron chi connectivity index (χ4n) is 14.2. The number of hydrogen-bond acceptors (Lipinski definition) is 24. The first-order valence-corrected chi connectivity index (χ1v) is 48.7. The maximum atomic E-state index is 14.5. The summed E-state index contributed by atoms with van der Waals surface area (Å²) in [4.78, 5) is 86.7. The molecule has 0 atom stereocenters. The van der Waals surface area contributed by atoms with Crippen LogP contribution in [0.15, 0.2) is 255 Å². The summed E-state index contributed by atoms with van der Waals surface area (Å²) in [5.74, 6) is -0.249. The van der Waals surface area contributed by atoms with Gasteiger partial charge in [-0.15, -0.1) is 0 Å². The molecular weight excluding hydrogens is 1750 g/mol.